The number of likely N-dealkylation sites (tertiary alicyclic amines) is 1. The lowest BCUT2D eigenvalue weighted by molar-refractivity contribution is -0.0276. The van der Waals surface area contributed by atoms with Crippen LogP contribution in [0.5, 0.6) is 5.75 Å². The van der Waals surface area contributed by atoms with Crippen molar-refractivity contribution in [3.8, 4) is 5.75 Å². The van der Waals surface area contributed by atoms with Crippen LogP contribution in [0, 0.1) is 0 Å². The van der Waals surface area contributed by atoms with Crippen LogP contribution in [-0.2, 0) is 12.1 Å². The number of rotatable bonds is 6. The Morgan fingerprint density at radius 2 is 1.89 bits per heavy atom. The average Bonchev–Trinajstić information content (AvgIpc) is 3.11. The second-order valence-electron chi connectivity index (χ2n) is 7.37. The van der Waals surface area contributed by atoms with Crippen molar-refractivity contribution in [3.63, 3.8) is 0 Å². The first-order valence-electron chi connectivity index (χ1n) is 9.57. The van der Waals surface area contributed by atoms with Crippen molar-refractivity contribution in [2.45, 2.75) is 25.0 Å². The van der Waals surface area contributed by atoms with Crippen molar-refractivity contribution in [1.29, 1.82) is 0 Å². The van der Waals surface area contributed by atoms with Crippen molar-refractivity contribution in [2.24, 2.45) is 0 Å². The number of aromatic nitrogens is 1. The zero-order valence-corrected chi connectivity index (χ0v) is 17.2. The number of piperidine rings is 1. The van der Waals surface area contributed by atoms with Gasteiger partial charge >= 0.3 is 0 Å². The van der Waals surface area contributed by atoms with Gasteiger partial charge in [0.2, 0.25) is 0 Å². The van der Waals surface area contributed by atoms with E-state index in [0.29, 0.717) is 18.6 Å². The van der Waals surface area contributed by atoms with Crippen LogP contribution in [0.2, 0.25) is 0 Å². The summed E-state index contributed by atoms with van der Waals surface area (Å²) in [6, 6.07) is 13.8. The molecule has 0 unspecified atom stereocenters. The molecule has 1 fully saturated rings. The van der Waals surface area contributed by atoms with Gasteiger partial charge in [0.15, 0.2) is 0 Å². The van der Waals surface area contributed by atoms with E-state index in [1.807, 2.05) is 48.7 Å². The molecule has 6 heteroatoms. The molecule has 148 valence electrons. The van der Waals surface area contributed by atoms with Crippen molar-refractivity contribution in [1.82, 2.24) is 9.88 Å². The summed E-state index contributed by atoms with van der Waals surface area (Å²) < 4.78 is 18.8. The van der Waals surface area contributed by atoms with Gasteiger partial charge < -0.3 is 14.8 Å². The maximum atomic E-state index is 12.4. The molecule has 1 saturated heterocycles. The van der Waals surface area contributed by atoms with Crippen molar-refractivity contribution >= 4 is 26.8 Å². The molecule has 0 amide bonds. The summed E-state index contributed by atoms with van der Waals surface area (Å²) >= 11 is 3.45. The fourth-order valence-electron chi connectivity index (χ4n) is 3.91. The van der Waals surface area contributed by atoms with Crippen LogP contribution < -0.4 is 4.74 Å². The topological polar surface area (TPSA) is 48.5 Å². The number of aromatic amines is 1. The van der Waals surface area contributed by atoms with Gasteiger partial charge in [-0.1, -0.05) is 28.1 Å². The third-order valence-electron chi connectivity index (χ3n) is 5.54. The maximum Gasteiger partial charge on any atom is 0.123 e. The minimum atomic E-state index is -0.759. The summed E-state index contributed by atoms with van der Waals surface area (Å²) in [5.41, 5.74) is 2.46. The molecule has 2 aromatic carbocycles. The van der Waals surface area contributed by atoms with Gasteiger partial charge in [-0.3, -0.25) is 4.90 Å². The smallest absolute Gasteiger partial charge is 0.123 e. The molecular weight excluding hydrogens is 423 g/mol. The lowest BCUT2D eigenvalue weighted by atomic mass is 9.84. The van der Waals surface area contributed by atoms with E-state index >= 15 is 0 Å². The Kier molecular flexibility index (Phi) is 5.71. The van der Waals surface area contributed by atoms with Crippen molar-refractivity contribution in [2.75, 3.05) is 26.4 Å². The highest BCUT2D eigenvalue weighted by Crippen LogP contribution is 2.34. The predicted molar refractivity (Wildman–Crippen MR) is 112 cm³/mol. The Bertz CT molecular complexity index is 933. The van der Waals surface area contributed by atoms with Crippen LogP contribution in [0.4, 0.5) is 4.39 Å². The van der Waals surface area contributed by atoms with Crippen molar-refractivity contribution < 1.29 is 14.2 Å². The van der Waals surface area contributed by atoms with Gasteiger partial charge in [-0.05, 0) is 54.3 Å². The largest absolute Gasteiger partial charge is 0.491 e. The minimum Gasteiger partial charge on any atom is -0.491 e. The van der Waals surface area contributed by atoms with E-state index in [1.165, 1.54) is 5.56 Å². The number of hydrogen-bond acceptors (Lipinski definition) is 3. The number of nitrogens with zero attached hydrogens (tertiary/aromatic N) is 1. The predicted octanol–water partition coefficient (Wildman–Crippen LogP) is 4.76. The number of halogens is 2. The molecule has 0 aliphatic carbocycles. The van der Waals surface area contributed by atoms with Gasteiger partial charge in [0.25, 0.3) is 0 Å². The zero-order valence-electron chi connectivity index (χ0n) is 15.6. The van der Waals surface area contributed by atoms with Crippen LogP contribution in [0.1, 0.15) is 24.0 Å². The lowest BCUT2D eigenvalue weighted by Gasteiger charge is -2.38. The number of alkyl halides is 1. The molecule has 0 bridgehead atoms. The summed E-state index contributed by atoms with van der Waals surface area (Å²) in [5.74, 6) is 0.689. The van der Waals surface area contributed by atoms with E-state index < -0.39 is 12.3 Å². The Balaban J connectivity index is 1.44. The molecular formula is C22H24BrFN2O2. The fraction of sp³-hybridized carbons (Fsp3) is 0.364. The summed E-state index contributed by atoms with van der Waals surface area (Å²) in [4.78, 5) is 5.66. The highest BCUT2D eigenvalue weighted by molar-refractivity contribution is 9.10. The highest BCUT2D eigenvalue weighted by Gasteiger charge is 2.34. The van der Waals surface area contributed by atoms with Gasteiger partial charge in [0, 0.05) is 41.2 Å². The first-order chi connectivity index (χ1) is 13.6. The molecule has 1 aromatic heterocycles. The van der Waals surface area contributed by atoms with Gasteiger partial charge in [-0.25, -0.2) is 4.39 Å². The molecule has 2 N–H and O–H groups in total. The number of aliphatic hydroxyl groups is 1. The van der Waals surface area contributed by atoms with Gasteiger partial charge in [0.05, 0.1) is 5.60 Å². The Morgan fingerprint density at radius 3 is 2.61 bits per heavy atom. The third kappa shape index (κ3) is 4.09. The first kappa shape index (κ1) is 19.4. The second kappa shape index (κ2) is 8.23. The minimum absolute atomic E-state index is 0.0754. The SMILES string of the molecule is OC1(c2ccc(Br)cc2)CCN(Cc2c[nH]c3ccc(OCCF)cc23)CC1. The quantitative estimate of drug-likeness (QED) is 0.573. The molecule has 0 radical (unpaired) electrons. The molecule has 4 rings (SSSR count). The summed E-state index contributed by atoms with van der Waals surface area (Å²) in [5, 5.41) is 12.2. The number of nitrogens with one attached hydrogen (secondary N) is 1. The number of ether oxygens (including phenoxy) is 1. The van der Waals surface area contributed by atoms with Crippen LogP contribution in [-0.4, -0.2) is 41.4 Å². The Morgan fingerprint density at radius 1 is 1.14 bits per heavy atom. The molecule has 0 atom stereocenters. The maximum absolute atomic E-state index is 12.4. The van der Waals surface area contributed by atoms with Crippen LogP contribution in [0.25, 0.3) is 10.9 Å². The zero-order chi connectivity index (χ0) is 19.6. The number of hydrogen-bond donors (Lipinski definition) is 2. The van der Waals surface area contributed by atoms with Gasteiger partial charge in [-0.2, -0.15) is 0 Å². The Hall–Kier alpha value is -1.89. The van der Waals surface area contributed by atoms with E-state index in [2.05, 4.69) is 25.8 Å². The fourth-order valence-corrected chi connectivity index (χ4v) is 4.17. The van der Waals surface area contributed by atoms with E-state index in [4.69, 9.17) is 4.74 Å². The van der Waals surface area contributed by atoms with E-state index in [9.17, 15) is 9.50 Å². The summed E-state index contributed by atoms with van der Waals surface area (Å²) in [7, 11) is 0. The first-order valence-corrected chi connectivity index (χ1v) is 10.4. The Labute approximate surface area is 172 Å². The van der Waals surface area contributed by atoms with Gasteiger partial charge in [0.1, 0.15) is 19.0 Å². The standard InChI is InChI=1S/C22H24BrFN2O2/c23-18-3-1-17(2-4-18)22(27)7-10-26(11-8-22)15-16-14-25-21-6-5-19(13-20(16)21)28-12-9-24/h1-6,13-14,25,27H,7-12,15H2. The molecule has 1 aliphatic heterocycles. The number of benzene rings is 2. The number of H-pyrrole nitrogens is 1. The van der Waals surface area contributed by atoms with Crippen LogP contribution in [0.3, 0.4) is 0 Å². The van der Waals surface area contributed by atoms with Crippen LogP contribution in [0.15, 0.2) is 53.1 Å². The molecule has 2 heterocycles. The number of fused-ring (bicyclic) bond motifs is 1. The second-order valence-corrected chi connectivity index (χ2v) is 8.29. The molecule has 28 heavy (non-hydrogen) atoms. The summed E-state index contributed by atoms with van der Waals surface area (Å²) in [6.45, 7) is 2.05. The van der Waals surface area contributed by atoms with Crippen LogP contribution >= 0.6 is 15.9 Å². The molecule has 1 aliphatic rings. The molecule has 0 spiro atoms. The molecule has 0 saturated carbocycles. The molecule has 3 aromatic rings. The van der Waals surface area contributed by atoms with E-state index in [0.717, 1.165) is 40.6 Å². The normalized spacial score (nSPS) is 17.1. The van der Waals surface area contributed by atoms with Crippen molar-refractivity contribution in [3.05, 3.63) is 64.3 Å². The third-order valence-corrected chi connectivity index (χ3v) is 6.07. The summed E-state index contributed by atoms with van der Waals surface area (Å²) in [6.07, 6.45) is 3.45. The van der Waals surface area contributed by atoms with E-state index in [-0.39, 0.29) is 6.61 Å². The average molecular weight is 447 g/mol. The van der Waals surface area contributed by atoms with Gasteiger partial charge in [-0.15, -0.1) is 0 Å². The lowest BCUT2D eigenvalue weighted by Crippen LogP contribution is -2.42. The molecule has 4 nitrogen and oxygen atoms in total. The monoisotopic (exact) mass is 446 g/mol. The van der Waals surface area contributed by atoms with E-state index in [1.54, 1.807) is 0 Å². The highest BCUT2D eigenvalue weighted by atomic mass is 79.9.